The van der Waals surface area contributed by atoms with Gasteiger partial charge in [-0.1, -0.05) is 30.3 Å². The van der Waals surface area contributed by atoms with Gasteiger partial charge in [0, 0.05) is 39.4 Å². The van der Waals surface area contributed by atoms with Gasteiger partial charge in [-0.2, -0.15) is 0 Å². The number of pyridine rings is 1. The molecule has 2 amide bonds. The molecule has 1 aromatic carbocycles. The van der Waals surface area contributed by atoms with Crippen molar-refractivity contribution in [3.8, 4) is 0 Å². The van der Waals surface area contributed by atoms with Gasteiger partial charge in [0.15, 0.2) is 11.5 Å². The number of urea groups is 1. The lowest BCUT2D eigenvalue weighted by molar-refractivity contribution is -0.143. The molecule has 3 aromatic rings. The first kappa shape index (κ1) is 23.2. The van der Waals surface area contributed by atoms with Gasteiger partial charge in [-0.15, -0.1) is 0 Å². The highest BCUT2D eigenvalue weighted by Crippen LogP contribution is 2.19. The van der Waals surface area contributed by atoms with Crippen molar-refractivity contribution in [1.82, 2.24) is 24.8 Å². The average molecular weight is 465 g/mol. The zero-order chi connectivity index (χ0) is 24.1. The van der Waals surface area contributed by atoms with E-state index in [0.717, 1.165) is 5.56 Å². The van der Waals surface area contributed by atoms with Crippen molar-refractivity contribution < 1.29 is 14.3 Å². The van der Waals surface area contributed by atoms with Gasteiger partial charge < -0.3 is 19.9 Å². The fourth-order valence-corrected chi connectivity index (χ4v) is 4.03. The minimum Gasteiger partial charge on any atom is -0.466 e. The van der Waals surface area contributed by atoms with Crippen molar-refractivity contribution in [3.05, 3.63) is 64.6 Å². The summed E-state index contributed by atoms with van der Waals surface area (Å²) in [6.07, 6.45) is 1.68. The Labute approximate surface area is 197 Å². The molecule has 0 saturated carbocycles. The highest BCUT2D eigenvalue weighted by atomic mass is 16.5. The molecule has 1 aliphatic heterocycles. The topological polar surface area (TPSA) is 110 Å². The second-order valence-corrected chi connectivity index (χ2v) is 8.04. The lowest BCUT2D eigenvalue weighted by Crippen LogP contribution is -2.53. The second-order valence-electron chi connectivity index (χ2n) is 8.04. The van der Waals surface area contributed by atoms with E-state index < -0.39 is 6.04 Å². The van der Waals surface area contributed by atoms with Gasteiger partial charge >= 0.3 is 12.0 Å². The molecule has 1 N–H and O–H groups in total. The van der Waals surface area contributed by atoms with Crippen LogP contribution in [0.4, 0.5) is 10.6 Å². The van der Waals surface area contributed by atoms with E-state index in [4.69, 9.17) is 4.74 Å². The van der Waals surface area contributed by atoms with Crippen LogP contribution in [-0.4, -0.2) is 64.2 Å². The zero-order valence-corrected chi connectivity index (χ0v) is 19.3. The molecule has 0 radical (unpaired) electrons. The average Bonchev–Trinajstić information content (AvgIpc) is 2.86. The van der Waals surface area contributed by atoms with Gasteiger partial charge in [0.25, 0.3) is 5.56 Å². The number of amides is 2. The van der Waals surface area contributed by atoms with Crippen molar-refractivity contribution in [2.75, 3.05) is 37.7 Å². The largest absolute Gasteiger partial charge is 0.466 e. The smallest absolute Gasteiger partial charge is 0.318 e. The van der Waals surface area contributed by atoms with Gasteiger partial charge in [0.05, 0.1) is 19.1 Å². The summed E-state index contributed by atoms with van der Waals surface area (Å²) < 4.78 is 6.58. The first-order valence-corrected chi connectivity index (χ1v) is 11.3. The van der Waals surface area contributed by atoms with Crippen molar-refractivity contribution in [2.24, 2.45) is 7.05 Å². The first-order chi connectivity index (χ1) is 16.5. The van der Waals surface area contributed by atoms with Crippen LogP contribution in [0.2, 0.25) is 0 Å². The lowest BCUT2D eigenvalue weighted by Gasteiger charge is -2.36. The molecule has 0 aliphatic carbocycles. The number of fused-ring (bicyclic) bond motifs is 1. The summed E-state index contributed by atoms with van der Waals surface area (Å²) in [5, 5.41) is 2.97. The minimum absolute atomic E-state index is 0.0502. The van der Waals surface area contributed by atoms with Gasteiger partial charge in [0.2, 0.25) is 0 Å². The summed E-state index contributed by atoms with van der Waals surface area (Å²) in [4.78, 5) is 50.3. The molecular formula is C24H28N6O4. The highest BCUT2D eigenvalue weighted by Gasteiger charge is 2.27. The molecule has 178 valence electrons. The van der Waals surface area contributed by atoms with Crippen LogP contribution in [0.3, 0.4) is 0 Å². The summed E-state index contributed by atoms with van der Waals surface area (Å²) in [5.74, 6) is -0.0123. The van der Waals surface area contributed by atoms with Crippen molar-refractivity contribution in [2.45, 2.75) is 19.4 Å². The second kappa shape index (κ2) is 10.3. The SMILES string of the molecule is CCOC(=O)C[C@@H](NC(=O)N1CCN(c2nc3cccnc3n(C)c2=O)CC1)c1ccccc1. The maximum absolute atomic E-state index is 13.0. The maximum Gasteiger partial charge on any atom is 0.318 e. The summed E-state index contributed by atoms with van der Waals surface area (Å²) in [6.45, 7) is 3.81. The van der Waals surface area contributed by atoms with E-state index in [-0.39, 0.29) is 30.6 Å². The summed E-state index contributed by atoms with van der Waals surface area (Å²) >= 11 is 0. The van der Waals surface area contributed by atoms with Crippen LogP contribution in [0.15, 0.2) is 53.5 Å². The number of rotatable bonds is 6. The molecule has 4 rings (SSSR count). The predicted molar refractivity (Wildman–Crippen MR) is 128 cm³/mol. The number of nitrogens with one attached hydrogen (secondary N) is 1. The Hall–Kier alpha value is -3.95. The molecule has 0 unspecified atom stereocenters. The minimum atomic E-state index is -0.493. The van der Waals surface area contributed by atoms with E-state index >= 15 is 0 Å². The number of aromatic nitrogens is 3. The molecule has 1 atom stereocenters. The first-order valence-electron chi connectivity index (χ1n) is 11.3. The van der Waals surface area contributed by atoms with Crippen LogP contribution in [0.1, 0.15) is 24.9 Å². The molecule has 3 heterocycles. The number of ether oxygens (including phenoxy) is 1. The Balaban J connectivity index is 1.44. The van der Waals surface area contributed by atoms with E-state index in [9.17, 15) is 14.4 Å². The third-order valence-corrected chi connectivity index (χ3v) is 5.85. The van der Waals surface area contributed by atoms with E-state index in [1.165, 1.54) is 4.57 Å². The van der Waals surface area contributed by atoms with E-state index in [1.807, 2.05) is 41.3 Å². The molecule has 1 fully saturated rings. The Morgan fingerprint density at radius 2 is 1.82 bits per heavy atom. The van der Waals surface area contributed by atoms with Crippen molar-refractivity contribution >= 4 is 29.0 Å². The van der Waals surface area contributed by atoms with Crippen LogP contribution in [0, 0.1) is 0 Å². The summed E-state index contributed by atoms with van der Waals surface area (Å²) in [7, 11) is 1.68. The molecule has 10 heteroatoms. The molecule has 1 saturated heterocycles. The molecule has 0 spiro atoms. The molecule has 1 aliphatic rings. The number of hydrogen-bond donors (Lipinski definition) is 1. The molecule has 0 bridgehead atoms. The zero-order valence-electron chi connectivity index (χ0n) is 19.3. The van der Waals surface area contributed by atoms with Gasteiger partial charge in [-0.3, -0.25) is 14.2 Å². The summed E-state index contributed by atoms with van der Waals surface area (Å²) in [6, 6.07) is 12.2. The normalized spacial score (nSPS) is 14.6. The van der Waals surface area contributed by atoms with Crippen molar-refractivity contribution in [3.63, 3.8) is 0 Å². The van der Waals surface area contributed by atoms with E-state index in [1.54, 1.807) is 31.1 Å². The fraction of sp³-hybridized carbons (Fsp3) is 0.375. The van der Waals surface area contributed by atoms with E-state index in [2.05, 4.69) is 15.3 Å². The fourth-order valence-electron chi connectivity index (χ4n) is 4.03. The van der Waals surface area contributed by atoms with Crippen molar-refractivity contribution in [1.29, 1.82) is 0 Å². The number of aryl methyl sites for hydroxylation is 1. The number of hydrogen-bond acceptors (Lipinski definition) is 7. The number of piperazine rings is 1. The third-order valence-electron chi connectivity index (χ3n) is 5.85. The van der Waals surface area contributed by atoms with Gasteiger partial charge in [-0.25, -0.2) is 14.8 Å². The van der Waals surface area contributed by atoms with Gasteiger partial charge in [-0.05, 0) is 24.6 Å². The maximum atomic E-state index is 13.0. The Bertz CT molecular complexity index is 1220. The van der Waals surface area contributed by atoms with E-state index in [0.29, 0.717) is 43.2 Å². The molecule has 2 aromatic heterocycles. The molecule has 34 heavy (non-hydrogen) atoms. The van der Waals surface area contributed by atoms with Crippen LogP contribution < -0.4 is 15.8 Å². The Kier molecular flexibility index (Phi) is 7.05. The third kappa shape index (κ3) is 5.00. The number of nitrogens with zero attached hydrogens (tertiary/aromatic N) is 5. The lowest BCUT2D eigenvalue weighted by atomic mass is 10.0. The Morgan fingerprint density at radius 1 is 1.09 bits per heavy atom. The molecular weight excluding hydrogens is 436 g/mol. The number of carbonyl (C=O) groups is 2. The number of esters is 1. The van der Waals surface area contributed by atoms with Gasteiger partial charge in [0.1, 0.15) is 5.52 Å². The Morgan fingerprint density at radius 3 is 2.53 bits per heavy atom. The van der Waals surface area contributed by atoms with Crippen LogP contribution in [0.5, 0.6) is 0 Å². The monoisotopic (exact) mass is 464 g/mol. The molecule has 10 nitrogen and oxygen atoms in total. The number of benzene rings is 1. The quantitative estimate of drug-likeness (QED) is 0.555. The number of anilines is 1. The van der Waals surface area contributed by atoms with Crippen LogP contribution in [0.25, 0.3) is 11.2 Å². The summed E-state index contributed by atoms with van der Waals surface area (Å²) in [5.41, 5.74) is 1.79. The highest BCUT2D eigenvalue weighted by molar-refractivity contribution is 5.77. The van der Waals surface area contributed by atoms with Crippen LogP contribution >= 0.6 is 0 Å². The standard InChI is InChI=1S/C24H28N6O4/c1-3-34-20(31)16-19(17-8-5-4-6-9-17)27-24(33)30-14-12-29(13-15-30)22-23(32)28(2)21-18(26-22)10-7-11-25-21/h4-11,19H,3,12-16H2,1-2H3,(H,27,33)/t19-/m1/s1. The van der Waals surface area contributed by atoms with Crippen LogP contribution in [-0.2, 0) is 16.6 Å². The predicted octanol–water partition coefficient (Wildman–Crippen LogP) is 1.85. The number of carbonyl (C=O) groups excluding carboxylic acids is 2.